The van der Waals surface area contributed by atoms with E-state index in [0.29, 0.717) is 24.1 Å². The Kier molecular flexibility index (Phi) is 6.44. The summed E-state index contributed by atoms with van der Waals surface area (Å²) in [5, 5.41) is 0. The summed E-state index contributed by atoms with van der Waals surface area (Å²) >= 11 is 0. The molecule has 1 fully saturated rings. The number of nitrogens with zero attached hydrogens (tertiary/aromatic N) is 3. The Morgan fingerprint density at radius 2 is 1.54 bits per heavy atom. The minimum atomic E-state index is -4.63. The second kappa shape index (κ2) is 9.07. The van der Waals surface area contributed by atoms with Gasteiger partial charge in [0.25, 0.3) is 20.2 Å². The van der Waals surface area contributed by atoms with E-state index < -0.39 is 25.9 Å². The smallest absolute Gasteiger partial charge is 0.295 e. The van der Waals surface area contributed by atoms with Crippen molar-refractivity contribution in [3.05, 3.63) is 53.6 Å². The van der Waals surface area contributed by atoms with E-state index in [4.69, 9.17) is 16.0 Å². The number of hydrogen-bond acceptors (Lipinski definition) is 9. The molecule has 1 saturated carbocycles. The van der Waals surface area contributed by atoms with Gasteiger partial charge in [0.2, 0.25) is 11.9 Å². The summed E-state index contributed by atoms with van der Waals surface area (Å²) in [5.74, 6) is 0.151. The molecule has 0 bridgehead atoms. The fourth-order valence-corrected chi connectivity index (χ4v) is 5.64. The van der Waals surface area contributed by atoms with Gasteiger partial charge in [-0.05, 0) is 61.1 Å². The fraction of sp³-hybridized carbons (Fsp3) is 0.273. The largest absolute Gasteiger partial charge is 0.369 e. The Labute approximate surface area is 203 Å². The molecule has 0 aromatic heterocycles. The fourth-order valence-electron chi connectivity index (χ4n) is 4.45. The van der Waals surface area contributed by atoms with Gasteiger partial charge < -0.3 is 11.5 Å². The molecule has 1 aliphatic heterocycles. The minimum Gasteiger partial charge on any atom is -0.369 e. The normalized spacial score (nSPS) is 18.5. The molecule has 11 nitrogen and oxygen atoms in total. The molecule has 0 radical (unpaired) electrons. The Bertz CT molecular complexity index is 1440. The standard InChI is InChI=1S/C22H25N5O6S2/c23-20-25-21(24)27(22(26-20)12-2-1-3-13-22)17-9-8-16(19(14-17)35(31,32)33)7-4-15-5-10-18(11-6-15)34(28,29)30/h4-11,14H,1-3,12-13H2,(H,28,29,30)(H,31,32,33)(H4,23,24,25,26). The SMILES string of the molecule is NC1=NC2(CCCCC2)N(c2ccc(C=Cc3ccc(S(=O)(=O)O)cc3)c(S(=O)(=O)O)c2)C(N)=N1. The first-order valence-corrected chi connectivity index (χ1v) is 13.6. The molecule has 13 heteroatoms. The van der Waals surface area contributed by atoms with E-state index in [1.165, 1.54) is 42.5 Å². The number of benzene rings is 2. The molecule has 6 N–H and O–H groups in total. The Morgan fingerprint density at radius 3 is 2.14 bits per heavy atom. The lowest BCUT2D eigenvalue weighted by molar-refractivity contribution is 0.305. The van der Waals surface area contributed by atoms with Gasteiger partial charge in [-0.25, -0.2) is 4.99 Å². The van der Waals surface area contributed by atoms with Crippen molar-refractivity contribution in [2.75, 3.05) is 4.90 Å². The first-order valence-electron chi connectivity index (χ1n) is 10.8. The number of guanidine groups is 2. The third-order valence-corrected chi connectivity index (χ3v) is 7.80. The van der Waals surface area contributed by atoms with E-state index in [-0.39, 0.29) is 27.3 Å². The van der Waals surface area contributed by atoms with Gasteiger partial charge >= 0.3 is 0 Å². The molecular weight excluding hydrogens is 494 g/mol. The van der Waals surface area contributed by atoms with Crippen LogP contribution in [0.5, 0.6) is 0 Å². The van der Waals surface area contributed by atoms with Crippen molar-refractivity contribution < 1.29 is 25.9 Å². The minimum absolute atomic E-state index is 0.0650. The van der Waals surface area contributed by atoms with Crippen molar-refractivity contribution in [3.8, 4) is 0 Å². The lowest BCUT2D eigenvalue weighted by Gasteiger charge is -2.45. The third-order valence-electron chi connectivity index (χ3n) is 6.02. The summed E-state index contributed by atoms with van der Waals surface area (Å²) in [4.78, 5) is 9.68. The summed E-state index contributed by atoms with van der Waals surface area (Å²) in [6.45, 7) is 0. The molecule has 35 heavy (non-hydrogen) atoms. The number of aliphatic imine (C=N–C) groups is 2. The Hall–Kier alpha value is -3.26. The van der Waals surface area contributed by atoms with Crippen LogP contribution in [-0.4, -0.2) is 43.5 Å². The van der Waals surface area contributed by atoms with Gasteiger partial charge in [0.15, 0.2) is 0 Å². The highest BCUT2D eigenvalue weighted by Crippen LogP contribution is 2.40. The molecule has 0 amide bonds. The summed E-state index contributed by atoms with van der Waals surface area (Å²) < 4.78 is 66.0. The Balaban J connectivity index is 1.73. The maximum absolute atomic E-state index is 12.3. The van der Waals surface area contributed by atoms with E-state index >= 15 is 0 Å². The topological polar surface area (TPSA) is 189 Å². The lowest BCUT2D eigenvalue weighted by atomic mass is 9.87. The van der Waals surface area contributed by atoms with Crippen LogP contribution in [-0.2, 0) is 20.2 Å². The molecule has 0 atom stereocenters. The lowest BCUT2D eigenvalue weighted by Crippen LogP contribution is -2.58. The molecule has 1 aliphatic carbocycles. The van der Waals surface area contributed by atoms with E-state index in [9.17, 15) is 21.4 Å². The van der Waals surface area contributed by atoms with E-state index in [0.717, 1.165) is 19.3 Å². The maximum atomic E-state index is 12.3. The molecule has 0 unspecified atom stereocenters. The van der Waals surface area contributed by atoms with E-state index in [1.807, 2.05) is 0 Å². The molecule has 0 saturated heterocycles. The zero-order chi connectivity index (χ0) is 25.4. The number of hydrogen-bond donors (Lipinski definition) is 4. The van der Waals surface area contributed by atoms with Gasteiger partial charge in [0.1, 0.15) is 10.6 Å². The predicted molar refractivity (Wildman–Crippen MR) is 133 cm³/mol. The first kappa shape index (κ1) is 24.9. The quantitative estimate of drug-likeness (QED) is 0.339. The van der Waals surface area contributed by atoms with Gasteiger partial charge in [-0.15, -0.1) is 0 Å². The zero-order valence-corrected chi connectivity index (χ0v) is 20.2. The van der Waals surface area contributed by atoms with Crippen LogP contribution in [0.3, 0.4) is 0 Å². The van der Waals surface area contributed by atoms with E-state index in [1.54, 1.807) is 17.0 Å². The Morgan fingerprint density at radius 1 is 0.886 bits per heavy atom. The zero-order valence-electron chi connectivity index (χ0n) is 18.6. The highest BCUT2D eigenvalue weighted by atomic mass is 32.2. The average molecular weight is 520 g/mol. The van der Waals surface area contributed by atoms with Crippen LogP contribution in [0.2, 0.25) is 0 Å². The maximum Gasteiger partial charge on any atom is 0.295 e. The van der Waals surface area contributed by atoms with Crippen molar-refractivity contribution in [1.29, 1.82) is 0 Å². The average Bonchev–Trinajstić information content (AvgIpc) is 2.77. The summed E-state index contributed by atoms with van der Waals surface area (Å²) in [7, 11) is -8.95. The molecule has 186 valence electrons. The number of anilines is 1. The van der Waals surface area contributed by atoms with Crippen LogP contribution in [0.15, 0.2) is 62.2 Å². The molecule has 2 aromatic rings. The van der Waals surface area contributed by atoms with Gasteiger partial charge in [0, 0.05) is 5.69 Å². The van der Waals surface area contributed by atoms with Crippen molar-refractivity contribution in [2.45, 2.75) is 47.6 Å². The van der Waals surface area contributed by atoms with Crippen molar-refractivity contribution in [3.63, 3.8) is 0 Å². The summed E-state index contributed by atoms with van der Waals surface area (Å²) in [6, 6.07) is 9.82. The van der Waals surface area contributed by atoms with Crippen molar-refractivity contribution >= 4 is 50.0 Å². The second-order valence-electron chi connectivity index (χ2n) is 8.39. The molecule has 4 rings (SSSR count). The van der Waals surface area contributed by atoms with Crippen molar-refractivity contribution in [1.82, 2.24) is 0 Å². The van der Waals surface area contributed by atoms with Crippen LogP contribution in [0, 0.1) is 0 Å². The second-order valence-corrected chi connectivity index (χ2v) is 11.2. The predicted octanol–water partition coefficient (Wildman–Crippen LogP) is 2.46. The van der Waals surface area contributed by atoms with Crippen LogP contribution in [0.1, 0.15) is 43.2 Å². The number of nitrogens with two attached hydrogens (primary N) is 2. The van der Waals surface area contributed by atoms with Crippen LogP contribution in [0.25, 0.3) is 12.2 Å². The van der Waals surface area contributed by atoms with Gasteiger partial charge in [-0.3, -0.25) is 14.0 Å². The van der Waals surface area contributed by atoms with Gasteiger partial charge in [0.05, 0.1) is 4.90 Å². The molecular formula is C22H25N5O6S2. The molecule has 2 aromatic carbocycles. The molecule has 1 heterocycles. The summed E-state index contributed by atoms with van der Waals surface area (Å²) in [5.41, 5.74) is 12.5. The highest BCUT2D eigenvalue weighted by molar-refractivity contribution is 7.86. The summed E-state index contributed by atoms with van der Waals surface area (Å²) in [6.07, 6.45) is 7.15. The highest BCUT2D eigenvalue weighted by Gasteiger charge is 2.42. The monoisotopic (exact) mass is 519 g/mol. The van der Waals surface area contributed by atoms with Gasteiger partial charge in [-0.1, -0.05) is 36.8 Å². The molecule has 1 spiro atoms. The van der Waals surface area contributed by atoms with Crippen LogP contribution in [0.4, 0.5) is 5.69 Å². The first-order chi connectivity index (χ1) is 16.4. The van der Waals surface area contributed by atoms with Crippen LogP contribution < -0.4 is 16.4 Å². The van der Waals surface area contributed by atoms with Crippen LogP contribution >= 0.6 is 0 Å². The third kappa shape index (κ3) is 5.22. The molecule has 2 aliphatic rings. The van der Waals surface area contributed by atoms with E-state index in [2.05, 4.69) is 9.98 Å². The van der Waals surface area contributed by atoms with Crippen molar-refractivity contribution in [2.24, 2.45) is 21.5 Å². The van der Waals surface area contributed by atoms with Gasteiger partial charge in [-0.2, -0.15) is 21.8 Å². The number of rotatable bonds is 5.